The predicted molar refractivity (Wildman–Crippen MR) is 112 cm³/mol. The molecular weight excluding hydrogens is 404 g/mol. The predicted octanol–water partition coefficient (Wildman–Crippen LogP) is 3.32. The molecule has 1 aliphatic carbocycles. The first-order valence-electron chi connectivity index (χ1n) is 9.58. The number of aliphatic hydroxyl groups excluding tert-OH is 1. The van der Waals surface area contributed by atoms with Crippen molar-refractivity contribution in [1.29, 1.82) is 10.5 Å². The van der Waals surface area contributed by atoms with Gasteiger partial charge < -0.3 is 15.7 Å². The molecule has 1 unspecified atom stereocenters. The summed E-state index contributed by atoms with van der Waals surface area (Å²) >= 11 is 6.61. The standard InChI is InChI=1S/C20H19ClN8O/c1-11(4-5-30)15-6-12(8-22)7-16(17(15)21)26-20-27-18(25-13-2-3-13)19-24-10-14(9-23)29(19)28-20/h6-7,10-11,13,30H,2-5H2,1H3,(H2,25,26,27,28). The Hall–Kier alpha value is -3.40. The van der Waals surface area contributed by atoms with Gasteiger partial charge in [0.25, 0.3) is 0 Å². The van der Waals surface area contributed by atoms with Gasteiger partial charge in [-0.25, -0.2) is 4.98 Å². The summed E-state index contributed by atoms with van der Waals surface area (Å²) < 4.78 is 1.43. The molecule has 9 nitrogen and oxygen atoms in total. The number of benzene rings is 1. The van der Waals surface area contributed by atoms with Crippen LogP contribution in [0, 0.1) is 22.7 Å². The zero-order chi connectivity index (χ0) is 21.3. The van der Waals surface area contributed by atoms with E-state index in [-0.39, 0.29) is 24.2 Å². The van der Waals surface area contributed by atoms with Gasteiger partial charge in [0.05, 0.1) is 28.5 Å². The van der Waals surface area contributed by atoms with Gasteiger partial charge in [0, 0.05) is 12.6 Å². The third-order valence-electron chi connectivity index (χ3n) is 4.96. The monoisotopic (exact) mass is 422 g/mol. The van der Waals surface area contributed by atoms with Crippen LogP contribution in [0.2, 0.25) is 5.02 Å². The quantitative estimate of drug-likeness (QED) is 0.527. The van der Waals surface area contributed by atoms with Crippen LogP contribution < -0.4 is 10.6 Å². The van der Waals surface area contributed by atoms with Crippen LogP contribution in [0.4, 0.5) is 17.5 Å². The van der Waals surface area contributed by atoms with Gasteiger partial charge in [-0.15, -0.1) is 5.10 Å². The number of nitrogens with zero attached hydrogens (tertiary/aromatic N) is 6. The maximum absolute atomic E-state index is 9.43. The molecule has 152 valence electrons. The van der Waals surface area contributed by atoms with E-state index in [1.54, 1.807) is 12.1 Å². The van der Waals surface area contributed by atoms with Crippen LogP contribution in [0.15, 0.2) is 18.3 Å². The van der Waals surface area contributed by atoms with Crippen molar-refractivity contribution < 1.29 is 5.11 Å². The van der Waals surface area contributed by atoms with Gasteiger partial charge in [0.1, 0.15) is 6.07 Å². The Labute approximate surface area is 177 Å². The van der Waals surface area contributed by atoms with Crippen molar-refractivity contribution in [3.05, 3.63) is 40.2 Å². The van der Waals surface area contributed by atoms with Crippen LogP contribution in [0.25, 0.3) is 5.65 Å². The number of imidazole rings is 1. The van der Waals surface area contributed by atoms with Gasteiger partial charge in [0.2, 0.25) is 5.95 Å². The van der Waals surface area contributed by atoms with Crippen molar-refractivity contribution in [3.63, 3.8) is 0 Å². The molecule has 1 aliphatic rings. The molecule has 4 rings (SSSR count). The first-order valence-corrected chi connectivity index (χ1v) is 9.95. The summed E-state index contributed by atoms with van der Waals surface area (Å²) in [5, 5.41) is 39.3. The molecule has 3 N–H and O–H groups in total. The van der Waals surface area contributed by atoms with Crippen LogP contribution in [0.5, 0.6) is 0 Å². The topological polar surface area (TPSA) is 135 Å². The molecule has 1 atom stereocenters. The molecule has 2 aromatic heterocycles. The number of nitriles is 2. The fourth-order valence-corrected chi connectivity index (χ4v) is 3.50. The first-order chi connectivity index (χ1) is 14.5. The van der Waals surface area contributed by atoms with E-state index in [1.165, 1.54) is 10.7 Å². The highest BCUT2D eigenvalue weighted by Gasteiger charge is 2.24. The van der Waals surface area contributed by atoms with E-state index in [0.717, 1.165) is 18.4 Å². The highest BCUT2D eigenvalue weighted by Crippen LogP contribution is 2.35. The van der Waals surface area contributed by atoms with Crippen molar-refractivity contribution in [3.8, 4) is 12.1 Å². The van der Waals surface area contributed by atoms with Crippen LogP contribution in [-0.2, 0) is 0 Å². The number of anilines is 3. The second kappa shape index (κ2) is 8.15. The third-order valence-corrected chi connectivity index (χ3v) is 5.39. The van der Waals surface area contributed by atoms with Crippen LogP contribution in [-0.4, -0.2) is 37.3 Å². The molecule has 0 bridgehead atoms. The molecule has 0 spiro atoms. The zero-order valence-electron chi connectivity index (χ0n) is 16.2. The molecule has 0 saturated heterocycles. The Kier molecular flexibility index (Phi) is 5.40. The molecule has 1 saturated carbocycles. The average molecular weight is 423 g/mol. The maximum Gasteiger partial charge on any atom is 0.247 e. The molecule has 0 aliphatic heterocycles. The van der Waals surface area contributed by atoms with Crippen molar-refractivity contribution in [2.45, 2.75) is 38.1 Å². The SMILES string of the molecule is CC(CCO)c1cc(C#N)cc(Nc2nc(NC3CC3)c3ncc(C#N)n3n2)c1Cl. The van der Waals surface area contributed by atoms with Crippen LogP contribution in [0.3, 0.4) is 0 Å². The lowest BCUT2D eigenvalue weighted by Gasteiger charge is -2.17. The van der Waals surface area contributed by atoms with Crippen LogP contribution in [0.1, 0.15) is 48.9 Å². The number of fused-ring (bicyclic) bond motifs is 1. The van der Waals surface area contributed by atoms with E-state index >= 15 is 0 Å². The summed E-state index contributed by atoms with van der Waals surface area (Å²) in [5.41, 5.74) is 2.41. The zero-order valence-corrected chi connectivity index (χ0v) is 17.0. The van der Waals surface area contributed by atoms with Gasteiger partial charge >= 0.3 is 0 Å². The molecule has 3 aromatic rings. The van der Waals surface area contributed by atoms with Crippen molar-refractivity contribution in [2.75, 3.05) is 17.2 Å². The summed E-state index contributed by atoms with van der Waals surface area (Å²) in [5.74, 6) is 0.710. The van der Waals surface area contributed by atoms with Crippen molar-refractivity contribution in [2.24, 2.45) is 0 Å². The Morgan fingerprint density at radius 2 is 2.13 bits per heavy atom. The number of aromatic nitrogens is 4. The highest BCUT2D eigenvalue weighted by atomic mass is 35.5. The fourth-order valence-electron chi connectivity index (χ4n) is 3.16. The minimum atomic E-state index is -0.0364. The van der Waals surface area contributed by atoms with Crippen molar-refractivity contribution >= 4 is 34.7 Å². The molecule has 1 aromatic carbocycles. The van der Waals surface area contributed by atoms with Crippen molar-refractivity contribution in [1.82, 2.24) is 19.6 Å². The number of hydrogen-bond acceptors (Lipinski definition) is 8. The van der Waals surface area contributed by atoms with E-state index < -0.39 is 0 Å². The molecular formula is C20H19ClN8O. The lowest BCUT2D eigenvalue weighted by molar-refractivity contribution is 0.278. The maximum atomic E-state index is 9.43. The lowest BCUT2D eigenvalue weighted by Crippen LogP contribution is -2.11. The largest absolute Gasteiger partial charge is 0.396 e. The smallest absolute Gasteiger partial charge is 0.247 e. The van der Waals surface area contributed by atoms with E-state index in [0.29, 0.717) is 40.2 Å². The Balaban J connectivity index is 1.77. The minimum absolute atomic E-state index is 0.0184. The normalized spacial score (nSPS) is 14.2. The van der Waals surface area contributed by atoms with Gasteiger partial charge in [-0.2, -0.15) is 20.0 Å². The van der Waals surface area contributed by atoms with Gasteiger partial charge in [-0.1, -0.05) is 18.5 Å². The molecule has 1 fully saturated rings. The van der Waals surface area contributed by atoms with Crippen LogP contribution >= 0.6 is 11.6 Å². The Morgan fingerprint density at radius 1 is 1.33 bits per heavy atom. The number of halogens is 1. The summed E-state index contributed by atoms with van der Waals surface area (Å²) in [6.07, 6.45) is 4.07. The number of nitrogens with one attached hydrogen (secondary N) is 2. The Morgan fingerprint density at radius 3 is 2.80 bits per heavy atom. The fraction of sp³-hybridized carbons (Fsp3) is 0.350. The second-order valence-corrected chi connectivity index (χ2v) is 7.65. The molecule has 10 heteroatoms. The number of aliphatic hydroxyl groups is 1. The average Bonchev–Trinajstić information content (AvgIpc) is 3.45. The molecule has 0 radical (unpaired) electrons. The Bertz CT molecular complexity index is 1190. The number of rotatable bonds is 7. The van der Waals surface area contributed by atoms with E-state index in [1.807, 2.05) is 6.92 Å². The number of hydrogen-bond donors (Lipinski definition) is 3. The summed E-state index contributed by atoms with van der Waals surface area (Å²) in [6.45, 7) is 1.96. The summed E-state index contributed by atoms with van der Waals surface area (Å²) in [6, 6.07) is 7.88. The highest BCUT2D eigenvalue weighted by molar-refractivity contribution is 6.34. The third kappa shape index (κ3) is 3.86. The van der Waals surface area contributed by atoms with Gasteiger partial charge in [-0.3, -0.25) is 0 Å². The van der Waals surface area contributed by atoms with E-state index in [2.05, 4.69) is 37.8 Å². The minimum Gasteiger partial charge on any atom is -0.396 e. The second-order valence-electron chi connectivity index (χ2n) is 7.27. The molecule has 0 amide bonds. The summed E-state index contributed by atoms with van der Waals surface area (Å²) in [4.78, 5) is 8.78. The lowest BCUT2D eigenvalue weighted by atomic mass is 9.95. The van der Waals surface area contributed by atoms with Gasteiger partial charge in [0.15, 0.2) is 17.2 Å². The summed E-state index contributed by atoms with van der Waals surface area (Å²) in [7, 11) is 0. The van der Waals surface area contributed by atoms with E-state index in [9.17, 15) is 15.6 Å². The first kappa shape index (κ1) is 19.9. The van der Waals surface area contributed by atoms with E-state index in [4.69, 9.17) is 11.6 Å². The van der Waals surface area contributed by atoms with Gasteiger partial charge in [-0.05, 0) is 42.9 Å². The molecule has 2 heterocycles. The molecule has 30 heavy (non-hydrogen) atoms.